The summed E-state index contributed by atoms with van der Waals surface area (Å²) in [6.07, 6.45) is 4.31. The minimum atomic E-state index is -0.271. The average molecular weight is 280 g/mol. The SMILES string of the molecule is COc1ccc(/C=C/C(=O)/C=C(\O)c2ccccc2)cc1. The van der Waals surface area contributed by atoms with Gasteiger partial charge in [0.2, 0.25) is 0 Å². The Morgan fingerprint density at radius 1 is 1.05 bits per heavy atom. The molecule has 0 aliphatic rings. The van der Waals surface area contributed by atoms with Crippen LogP contribution in [0, 0.1) is 0 Å². The van der Waals surface area contributed by atoms with E-state index in [1.54, 1.807) is 37.5 Å². The Bertz CT molecular complexity index is 653. The summed E-state index contributed by atoms with van der Waals surface area (Å²) in [5.41, 5.74) is 1.50. The van der Waals surface area contributed by atoms with Crippen LogP contribution >= 0.6 is 0 Å². The number of allylic oxidation sites excluding steroid dienone is 2. The van der Waals surface area contributed by atoms with E-state index in [4.69, 9.17) is 4.74 Å². The van der Waals surface area contributed by atoms with Gasteiger partial charge in [0, 0.05) is 11.6 Å². The van der Waals surface area contributed by atoms with E-state index in [0.717, 1.165) is 11.3 Å². The molecule has 0 saturated heterocycles. The van der Waals surface area contributed by atoms with Crippen molar-refractivity contribution in [2.75, 3.05) is 7.11 Å². The predicted molar refractivity (Wildman–Crippen MR) is 84.1 cm³/mol. The lowest BCUT2D eigenvalue weighted by Crippen LogP contribution is -1.90. The summed E-state index contributed by atoms with van der Waals surface area (Å²) in [6.45, 7) is 0. The van der Waals surface area contributed by atoms with Crippen LogP contribution in [0.2, 0.25) is 0 Å². The van der Waals surface area contributed by atoms with Crippen LogP contribution in [0.25, 0.3) is 11.8 Å². The molecule has 21 heavy (non-hydrogen) atoms. The van der Waals surface area contributed by atoms with Gasteiger partial charge < -0.3 is 9.84 Å². The van der Waals surface area contributed by atoms with Gasteiger partial charge in [-0.1, -0.05) is 48.5 Å². The van der Waals surface area contributed by atoms with Crippen LogP contribution in [0.1, 0.15) is 11.1 Å². The Labute approximate surface area is 123 Å². The summed E-state index contributed by atoms with van der Waals surface area (Å²) in [6, 6.07) is 16.3. The zero-order valence-corrected chi connectivity index (χ0v) is 11.7. The third-order valence-electron chi connectivity index (χ3n) is 2.90. The third-order valence-corrected chi connectivity index (χ3v) is 2.90. The van der Waals surface area contributed by atoms with Gasteiger partial charge in [-0.15, -0.1) is 0 Å². The fourth-order valence-electron chi connectivity index (χ4n) is 1.77. The molecular formula is C18H16O3. The van der Waals surface area contributed by atoms with E-state index in [9.17, 15) is 9.90 Å². The highest BCUT2D eigenvalue weighted by Crippen LogP contribution is 2.13. The standard InChI is InChI=1S/C18H16O3/c1-21-17-11-8-14(9-12-17)7-10-16(19)13-18(20)15-5-3-2-4-6-15/h2-13,20H,1H3/b10-7+,18-13-. The predicted octanol–water partition coefficient (Wildman–Crippen LogP) is 3.88. The summed E-state index contributed by atoms with van der Waals surface area (Å²) >= 11 is 0. The van der Waals surface area contributed by atoms with Crippen LogP contribution in [0.3, 0.4) is 0 Å². The average Bonchev–Trinajstić information content (AvgIpc) is 2.54. The number of hydrogen-bond donors (Lipinski definition) is 1. The van der Waals surface area contributed by atoms with Gasteiger partial charge in [0.25, 0.3) is 0 Å². The molecule has 0 fully saturated rings. The molecule has 0 aliphatic carbocycles. The highest BCUT2D eigenvalue weighted by Gasteiger charge is 2.00. The summed E-state index contributed by atoms with van der Waals surface area (Å²) in [7, 11) is 1.60. The number of ether oxygens (including phenoxy) is 1. The van der Waals surface area contributed by atoms with E-state index in [1.807, 2.05) is 30.3 Å². The van der Waals surface area contributed by atoms with Crippen molar-refractivity contribution in [1.82, 2.24) is 0 Å². The number of carbonyl (C=O) groups is 1. The molecule has 2 rings (SSSR count). The number of aliphatic hydroxyl groups is 1. The van der Waals surface area contributed by atoms with E-state index in [1.165, 1.54) is 12.2 Å². The maximum Gasteiger partial charge on any atom is 0.182 e. The van der Waals surface area contributed by atoms with Gasteiger partial charge in [0.05, 0.1) is 7.11 Å². The first-order valence-corrected chi connectivity index (χ1v) is 6.51. The van der Waals surface area contributed by atoms with Crippen molar-refractivity contribution in [1.29, 1.82) is 0 Å². The summed E-state index contributed by atoms with van der Waals surface area (Å²) in [4.78, 5) is 11.8. The lowest BCUT2D eigenvalue weighted by Gasteiger charge is -1.99. The van der Waals surface area contributed by atoms with Gasteiger partial charge >= 0.3 is 0 Å². The summed E-state index contributed by atoms with van der Waals surface area (Å²) < 4.78 is 5.06. The molecule has 0 atom stereocenters. The second kappa shape index (κ2) is 7.10. The molecule has 0 aliphatic heterocycles. The fraction of sp³-hybridized carbons (Fsp3) is 0.0556. The molecule has 2 aromatic carbocycles. The van der Waals surface area contributed by atoms with Crippen molar-refractivity contribution in [2.45, 2.75) is 0 Å². The third kappa shape index (κ3) is 4.35. The molecule has 0 amide bonds. The van der Waals surface area contributed by atoms with Gasteiger partial charge in [0.15, 0.2) is 5.78 Å². The van der Waals surface area contributed by atoms with E-state index in [2.05, 4.69) is 0 Å². The van der Waals surface area contributed by atoms with Gasteiger partial charge in [0.1, 0.15) is 11.5 Å². The molecule has 0 aromatic heterocycles. The van der Waals surface area contributed by atoms with Crippen LogP contribution in [0.4, 0.5) is 0 Å². The number of hydrogen-bond acceptors (Lipinski definition) is 3. The van der Waals surface area contributed by atoms with Crippen molar-refractivity contribution >= 4 is 17.6 Å². The summed E-state index contributed by atoms with van der Waals surface area (Å²) in [5.74, 6) is 0.451. The smallest absolute Gasteiger partial charge is 0.182 e. The topological polar surface area (TPSA) is 46.5 Å². The lowest BCUT2D eigenvalue weighted by atomic mass is 10.1. The Kier molecular flexibility index (Phi) is 4.94. The number of aliphatic hydroxyl groups excluding tert-OH is 1. The van der Waals surface area contributed by atoms with Crippen molar-refractivity contribution in [3.8, 4) is 5.75 Å². The van der Waals surface area contributed by atoms with E-state index >= 15 is 0 Å². The normalized spacial score (nSPS) is 11.6. The molecule has 2 aromatic rings. The molecule has 106 valence electrons. The van der Waals surface area contributed by atoms with E-state index in [0.29, 0.717) is 5.56 Å². The van der Waals surface area contributed by atoms with Gasteiger partial charge in [-0.2, -0.15) is 0 Å². The number of rotatable bonds is 5. The van der Waals surface area contributed by atoms with Gasteiger partial charge in [-0.3, -0.25) is 4.79 Å². The zero-order chi connectivity index (χ0) is 15.1. The molecule has 0 heterocycles. The van der Waals surface area contributed by atoms with E-state index < -0.39 is 0 Å². The Balaban J connectivity index is 2.05. The monoisotopic (exact) mass is 280 g/mol. The second-order valence-corrected chi connectivity index (χ2v) is 4.40. The minimum absolute atomic E-state index is 0.0417. The highest BCUT2D eigenvalue weighted by molar-refractivity contribution is 6.05. The molecule has 0 bridgehead atoms. The number of carbonyl (C=O) groups excluding carboxylic acids is 1. The number of benzene rings is 2. The maximum atomic E-state index is 11.8. The van der Waals surface area contributed by atoms with Crippen molar-refractivity contribution in [2.24, 2.45) is 0 Å². The molecule has 0 radical (unpaired) electrons. The quantitative estimate of drug-likeness (QED) is 0.668. The molecule has 1 N–H and O–H groups in total. The molecular weight excluding hydrogens is 264 g/mol. The number of ketones is 1. The highest BCUT2D eigenvalue weighted by atomic mass is 16.5. The Hall–Kier alpha value is -2.81. The van der Waals surface area contributed by atoms with E-state index in [-0.39, 0.29) is 11.5 Å². The minimum Gasteiger partial charge on any atom is -0.507 e. The Morgan fingerprint density at radius 2 is 1.71 bits per heavy atom. The molecule has 3 nitrogen and oxygen atoms in total. The van der Waals surface area contributed by atoms with Gasteiger partial charge in [-0.05, 0) is 23.8 Å². The lowest BCUT2D eigenvalue weighted by molar-refractivity contribution is -0.110. The Morgan fingerprint density at radius 3 is 2.33 bits per heavy atom. The van der Waals surface area contributed by atoms with Crippen LogP contribution < -0.4 is 4.74 Å². The maximum absolute atomic E-state index is 11.8. The van der Waals surface area contributed by atoms with Crippen molar-refractivity contribution < 1.29 is 14.6 Å². The molecule has 0 spiro atoms. The van der Waals surface area contributed by atoms with Crippen LogP contribution in [0.5, 0.6) is 5.75 Å². The first-order valence-electron chi connectivity index (χ1n) is 6.51. The summed E-state index contributed by atoms with van der Waals surface area (Å²) in [5, 5.41) is 9.85. The first kappa shape index (κ1) is 14.6. The molecule has 3 heteroatoms. The van der Waals surface area contributed by atoms with Gasteiger partial charge in [-0.25, -0.2) is 0 Å². The molecule has 0 unspecified atom stereocenters. The van der Waals surface area contributed by atoms with Crippen molar-refractivity contribution in [3.63, 3.8) is 0 Å². The van der Waals surface area contributed by atoms with Crippen molar-refractivity contribution in [3.05, 3.63) is 77.9 Å². The largest absolute Gasteiger partial charge is 0.507 e. The molecule has 0 saturated carbocycles. The first-order chi connectivity index (χ1) is 10.2. The van der Waals surface area contributed by atoms with Crippen LogP contribution in [-0.2, 0) is 4.79 Å². The number of methoxy groups -OCH3 is 1. The second-order valence-electron chi connectivity index (χ2n) is 4.40. The fourth-order valence-corrected chi connectivity index (χ4v) is 1.77. The van der Waals surface area contributed by atoms with Crippen LogP contribution in [-0.4, -0.2) is 18.0 Å². The zero-order valence-electron chi connectivity index (χ0n) is 11.7. The van der Waals surface area contributed by atoms with Crippen LogP contribution in [0.15, 0.2) is 66.7 Å².